The molecule has 9 heteroatoms. The first kappa shape index (κ1) is 18.7. The Morgan fingerprint density at radius 1 is 1.43 bits per heavy atom. The highest BCUT2D eigenvalue weighted by Gasteiger charge is 2.28. The van der Waals surface area contributed by atoms with Crippen LogP contribution in [0.4, 0.5) is 5.69 Å². The van der Waals surface area contributed by atoms with Crippen LogP contribution in [-0.2, 0) is 15.0 Å². The van der Waals surface area contributed by atoms with Gasteiger partial charge in [-0.2, -0.15) is 13.7 Å². The zero-order chi connectivity index (χ0) is 17.7. The number of nitrogens with two attached hydrogens (primary N) is 1. The van der Waals surface area contributed by atoms with Crippen molar-refractivity contribution < 1.29 is 17.9 Å². The number of carbonyl (C=O) groups excluding carboxylic acids is 1. The van der Waals surface area contributed by atoms with E-state index in [2.05, 4.69) is 5.32 Å². The van der Waals surface area contributed by atoms with Gasteiger partial charge in [-0.1, -0.05) is 6.07 Å². The van der Waals surface area contributed by atoms with E-state index in [9.17, 15) is 18.5 Å². The molecule has 0 saturated heterocycles. The van der Waals surface area contributed by atoms with Gasteiger partial charge in [0.1, 0.15) is 24.0 Å². The highest BCUT2D eigenvalue weighted by Crippen LogP contribution is 2.28. The molecule has 0 aliphatic rings. The third kappa shape index (κ3) is 5.43. The van der Waals surface area contributed by atoms with Crippen LogP contribution in [0.3, 0.4) is 0 Å². The Morgan fingerprint density at radius 3 is 2.61 bits per heavy atom. The number of benzene rings is 1. The molecule has 0 spiro atoms. The Morgan fingerprint density at radius 2 is 2.09 bits per heavy atom. The van der Waals surface area contributed by atoms with Crippen LogP contribution in [0.2, 0.25) is 0 Å². The van der Waals surface area contributed by atoms with Gasteiger partial charge in [-0.3, -0.25) is 9.52 Å². The number of carbonyl (C=O) groups is 1. The van der Waals surface area contributed by atoms with Gasteiger partial charge >= 0.3 is 0 Å². The van der Waals surface area contributed by atoms with Gasteiger partial charge in [0.05, 0.1) is 11.1 Å². The summed E-state index contributed by atoms with van der Waals surface area (Å²) in [5.74, 6) is -0.0177. The highest BCUT2D eigenvalue weighted by atomic mass is 32.2. The second-order valence-corrected chi connectivity index (χ2v) is 6.76. The molecule has 0 bridgehead atoms. The molecule has 1 rings (SSSR count). The lowest BCUT2D eigenvalue weighted by atomic mass is 9.93. The minimum absolute atomic E-state index is 0.00627. The summed E-state index contributed by atoms with van der Waals surface area (Å²) in [6.07, 6.45) is 0. The monoisotopic (exact) mass is 340 g/mol. The summed E-state index contributed by atoms with van der Waals surface area (Å²) in [7, 11) is -4.01. The van der Waals surface area contributed by atoms with Crippen molar-refractivity contribution in [3.63, 3.8) is 0 Å². The minimum atomic E-state index is -4.01. The van der Waals surface area contributed by atoms with Crippen molar-refractivity contribution in [3.8, 4) is 11.8 Å². The van der Waals surface area contributed by atoms with Crippen molar-refractivity contribution in [2.75, 3.05) is 17.9 Å². The first-order chi connectivity index (χ1) is 10.6. The van der Waals surface area contributed by atoms with E-state index < -0.39 is 15.6 Å². The van der Waals surface area contributed by atoms with E-state index in [1.165, 1.54) is 18.2 Å². The summed E-state index contributed by atoms with van der Waals surface area (Å²) in [5, 5.41) is 16.9. The van der Waals surface area contributed by atoms with E-state index in [1.54, 1.807) is 13.8 Å². The van der Waals surface area contributed by atoms with Crippen LogP contribution < -0.4 is 19.9 Å². The molecule has 8 nitrogen and oxygen atoms in total. The second-order valence-electron chi connectivity index (χ2n) is 5.47. The SMILES string of the molecule is CCNC(=O)C(C)(C)COc1cccc(NS(N)(=O)=O)c1C#N. The molecule has 126 valence electrons. The van der Waals surface area contributed by atoms with Crippen molar-refractivity contribution in [1.82, 2.24) is 5.32 Å². The zero-order valence-electron chi connectivity index (χ0n) is 13.2. The maximum absolute atomic E-state index is 11.9. The number of ether oxygens (including phenoxy) is 1. The maximum atomic E-state index is 11.9. The summed E-state index contributed by atoms with van der Waals surface area (Å²) in [6.45, 7) is 5.74. The molecule has 4 N–H and O–H groups in total. The third-order valence-electron chi connectivity index (χ3n) is 2.93. The Labute approximate surface area is 135 Å². The minimum Gasteiger partial charge on any atom is -0.491 e. The van der Waals surface area contributed by atoms with Crippen molar-refractivity contribution >= 4 is 21.8 Å². The summed E-state index contributed by atoms with van der Waals surface area (Å²) in [5.41, 5.74) is -0.803. The lowest BCUT2D eigenvalue weighted by Gasteiger charge is -2.24. The molecule has 1 aromatic rings. The van der Waals surface area contributed by atoms with Crippen LogP contribution >= 0.6 is 0 Å². The first-order valence-corrected chi connectivity index (χ1v) is 8.40. The van der Waals surface area contributed by atoms with Crippen molar-refractivity contribution in [2.24, 2.45) is 10.6 Å². The molecule has 0 aliphatic heterocycles. The van der Waals surface area contributed by atoms with Crippen LogP contribution in [0.1, 0.15) is 26.3 Å². The molecule has 0 radical (unpaired) electrons. The quantitative estimate of drug-likeness (QED) is 0.672. The van der Waals surface area contributed by atoms with Crippen LogP contribution in [0, 0.1) is 16.7 Å². The van der Waals surface area contributed by atoms with Crippen LogP contribution in [0.5, 0.6) is 5.75 Å². The predicted molar refractivity (Wildman–Crippen MR) is 85.8 cm³/mol. The van der Waals surface area contributed by atoms with E-state index in [4.69, 9.17) is 9.88 Å². The van der Waals surface area contributed by atoms with Crippen LogP contribution in [-0.4, -0.2) is 27.5 Å². The number of hydrogen-bond acceptors (Lipinski definition) is 5. The predicted octanol–water partition coefficient (Wildman–Crippen LogP) is 0.715. The van der Waals surface area contributed by atoms with E-state index in [0.717, 1.165) is 0 Å². The Bertz CT molecular complexity index is 723. The molecule has 1 aromatic carbocycles. The van der Waals surface area contributed by atoms with E-state index in [-0.39, 0.29) is 29.5 Å². The van der Waals surface area contributed by atoms with Gasteiger partial charge in [0, 0.05) is 6.54 Å². The third-order valence-corrected chi connectivity index (χ3v) is 3.44. The van der Waals surface area contributed by atoms with Crippen LogP contribution in [0.25, 0.3) is 0 Å². The van der Waals surface area contributed by atoms with E-state index >= 15 is 0 Å². The number of hydrogen-bond donors (Lipinski definition) is 3. The molecule has 0 aromatic heterocycles. The molecular weight excluding hydrogens is 320 g/mol. The molecular formula is C14H20N4O4S. The summed E-state index contributed by atoms with van der Waals surface area (Å²) in [4.78, 5) is 11.9. The molecule has 0 heterocycles. The van der Waals surface area contributed by atoms with Crippen molar-refractivity contribution in [3.05, 3.63) is 23.8 Å². The Kier molecular flexibility index (Phi) is 5.95. The molecule has 0 fully saturated rings. The second kappa shape index (κ2) is 7.30. The normalized spacial score (nSPS) is 11.4. The number of anilines is 1. The fraction of sp³-hybridized carbons (Fsp3) is 0.429. The zero-order valence-corrected chi connectivity index (χ0v) is 14.0. The van der Waals surface area contributed by atoms with Crippen molar-refractivity contribution in [2.45, 2.75) is 20.8 Å². The molecule has 1 amide bonds. The van der Waals surface area contributed by atoms with Gasteiger partial charge < -0.3 is 10.1 Å². The maximum Gasteiger partial charge on any atom is 0.296 e. The van der Waals surface area contributed by atoms with E-state index in [0.29, 0.717) is 6.54 Å². The topological polar surface area (TPSA) is 134 Å². The smallest absolute Gasteiger partial charge is 0.296 e. The van der Waals surface area contributed by atoms with Gasteiger partial charge in [0.2, 0.25) is 5.91 Å². The Hall–Kier alpha value is -2.31. The molecule has 0 unspecified atom stereocenters. The van der Waals surface area contributed by atoms with Gasteiger partial charge in [0.25, 0.3) is 10.2 Å². The fourth-order valence-corrected chi connectivity index (χ4v) is 2.21. The van der Waals surface area contributed by atoms with Gasteiger partial charge in [-0.05, 0) is 32.9 Å². The first-order valence-electron chi connectivity index (χ1n) is 6.85. The Balaban J connectivity index is 3.00. The number of rotatable bonds is 7. The lowest BCUT2D eigenvalue weighted by molar-refractivity contribution is -0.130. The average Bonchev–Trinajstić information content (AvgIpc) is 2.44. The van der Waals surface area contributed by atoms with Gasteiger partial charge in [-0.25, -0.2) is 5.14 Å². The number of nitriles is 1. The van der Waals surface area contributed by atoms with Gasteiger partial charge in [-0.15, -0.1) is 0 Å². The highest BCUT2D eigenvalue weighted by molar-refractivity contribution is 7.90. The van der Waals surface area contributed by atoms with Gasteiger partial charge in [0.15, 0.2) is 0 Å². The summed E-state index contributed by atoms with van der Waals surface area (Å²) in [6, 6.07) is 6.29. The number of amides is 1. The molecule has 0 saturated carbocycles. The molecule has 23 heavy (non-hydrogen) atoms. The molecule has 0 atom stereocenters. The van der Waals surface area contributed by atoms with Crippen molar-refractivity contribution in [1.29, 1.82) is 5.26 Å². The standard InChI is InChI=1S/C14H20N4O4S/c1-4-17-13(19)14(2,3)9-22-12-7-5-6-11(10(12)8-15)18-23(16,20)21/h5-7,18H,4,9H2,1-3H3,(H,17,19)(H2,16,20,21). The average molecular weight is 340 g/mol. The number of nitrogens with one attached hydrogen (secondary N) is 2. The molecule has 0 aliphatic carbocycles. The largest absolute Gasteiger partial charge is 0.491 e. The fourth-order valence-electron chi connectivity index (χ4n) is 1.73. The summed E-state index contributed by atoms with van der Waals surface area (Å²) >= 11 is 0. The number of nitrogens with zero attached hydrogens (tertiary/aromatic N) is 1. The lowest BCUT2D eigenvalue weighted by Crippen LogP contribution is -2.40. The summed E-state index contributed by atoms with van der Waals surface area (Å²) < 4.78 is 29.8. The van der Waals surface area contributed by atoms with Crippen LogP contribution in [0.15, 0.2) is 18.2 Å². The van der Waals surface area contributed by atoms with E-state index in [1.807, 2.05) is 17.7 Å².